The molecule has 0 aliphatic carbocycles. The standard InChI is InChI=1S/C13H22N2O/c1-4-16-8-7-15(3)13-6-5-12(10-14)9-11(13)2/h5-6,9H,4,7-8,10,14H2,1-3H3. The van der Waals surface area contributed by atoms with E-state index in [1.807, 2.05) is 6.92 Å². The van der Waals surface area contributed by atoms with Crippen LogP contribution in [0.15, 0.2) is 18.2 Å². The number of nitrogens with zero attached hydrogens (tertiary/aromatic N) is 1. The zero-order chi connectivity index (χ0) is 12.0. The van der Waals surface area contributed by atoms with Gasteiger partial charge in [0.05, 0.1) is 6.61 Å². The number of hydrogen-bond acceptors (Lipinski definition) is 3. The predicted molar refractivity (Wildman–Crippen MR) is 68.8 cm³/mol. The average Bonchev–Trinajstić information content (AvgIpc) is 2.29. The molecule has 1 aromatic carbocycles. The Morgan fingerprint density at radius 3 is 2.69 bits per heavy atom. The largest absolute Gasteiger partial charge is 0.380 e. The number of rotatable bonds is 6. The van der Waals surface area contributed by atoms with Crippen molar-refractivity contribution in [2.75, 3.05) is 31.7 Å². The Labute approximate surface area is 98.2 Å². The van der Waals surface area contributed by atoms with Crippen LogP contribution < -0.4 is 10.6 Å². The van der Waals surface area contributed by atoms with Crippen molar-refractivity contribution in [2.24, 2.45) is 5.73 Å². The first-order valence-corrected chi connectivity index (χ1v) is 5.77. The summed E-state index contributed by atoms with van der Waals surface area (Å²) in [5, 5.41) is 0. The van der Waals surface area contributed by atoms with Crippen LogP contribution in [0, 0.1) is 6.92 Å². The van der Waals surface area contributed by atoms with Crippen LogP contribution in [0.3, 0.4) is 0 Å². The highest BCUT2D eigenvalue weighted by Crippen LogP contribution is 2.19. The minimum Gasteiger partial charge on any atom is -0.380 e. The van der Waals surface area contributed by atoms with E-state index >= 15 is 0 Å². The molecular weight excluding hydrogens is 200 g/mol. The van der Waals surface area contributed by atoms with Crippen molar-refractivity contribution < 1.29 is 4.74 Å². The Balaban J connectivity index is 2.64. The van der Waals surface area contributed by atoms with E-state index in [9.17, 15) is 0 Å². The molecule has 0 bridgehead atoms. The van der Waals surface area contributed by atoms with Crippen LogP contribution >= 0.6 is 0 Å². The first kappa shape index (κ1) is 13.0. The van der Waals surface area contributed by atoms with Gasteiger partial charge in [-0.25, -0.2) is 0 Å². The van der Waals surface area contributed by atoms with E-state index in [1.165, 1.54) is 16.8 Å². The van der Waals surface area contributed by atoms with Gasteiger partial charge in [-0.05, 0) is 31.0 Å². The van der Waals surface area contributed by atoms with Gasteiger partial charge in [-0.15, -0.1) is 0 Å². The van der Waals surface area contributed by atoms with Gasteiger partial charge in [0.2, 0.25) is 0 Å². The highest BCUT2D eigenvalue weighted by molar-refractivity contribution is 5.53. The van der Waals surface area contributed by atoms with Gasteiger partial charge < -0.3 is 15.4 Å². The van der Waals surface area contributed by atoms with E-state index in [2.05, 4.69) is 37.1 Å². The molecule has 1 rings (SSSR count). The van der Waals surface area contributed by atoms with E-state index in [1.54, 1.807) is 0 Å². The van der Waals surface area contributed by atoms with Gasteiger partial charge in [0.1, 0.15) is 0 Å². The molecule has 0 aromatic heterocycles. The lowest BCUT2D eigenvalue weighted by atomic mass is 10.1. The van der Waals surface area contributed by atoms with Crippen molar-refractivity contribution in [1.82, 2.24) is 0 Å². The summed E-state index contributed by atoms with van der Waals surface area (Å²) in [6, 6.07) is 6.36. The molecule has 16 heavy (non-hydrogen) atoms. The third-order valence-electron chi connectivity index (χ3n) is 2.68. The lowest BCUT2D eigenvalue weighted by molar-refractivity contribution is 0.154. The number of likely N-dealkylation sites (N-methyl/N-ethyl adjacent to an activating group) is 1. The summed E-state index contributed by atoms with van der Waals surface area (Å²) in [7, 11) is 2.09. The van der Waals surface area contributed by atoms with Crippen molar-refractivity contribution in [3.63, 3.8) is 0 Å². The zero-order valence-corrected chi connectivity index (χ0v) is 10.5. The third kappa shape index (κ3) is 3.51. The summed E-state index contributed by atoms with van der Waals surface area (Å²) in [4.78, 5) is 2.21. The van der Waals surface area contributed by atoms with Gasteiger partial charge in [0, 0.05) is 32.4 Å². The molecule has 0 heterocycles. The summed E-state index contributed by atoms with van der Waals surface area (Å²) in [6.45, 7) is 7.19. The smallest absolute Gasteiger partial charge is 0.0641 e. The molecule has 0 aliphatic heterocycles. The van der Waals surface area contributed by atoms with Crippen LogP contribution in [-0.4, -0.2) is 26.8 Å². The Morgan fingerprint density at radius 2 is 2.12 bits per heavy atom. The second-order valence-electron chi connectivity index (χ2n) is 3.94. The molecule has 0 aliphatic rings. The summed E-state index contributed by atoms with van der Waals surface area (Å²) < 4.78 is 5.35. The maximum Gasteiger partial charge on any atom is 0.0641 e. The fraction of sp³-hybridized carbons (Fsp3) is 0.538. The maximum absolute atomic E-state index is 5.61. The lowest BCUT2D eigenvalue weighted by Crippen LogP contribution is -2.23. The number of benzene rings is 1. The zero-order valence-electron chi connectivity index (χ0n) is 10.5. The summed E-state index contributed by atoms with van der Waals surface area (Å²) in [5.41, 5.74) is 9.30. The van der Waals surface area contributed by atoms with Crippen LogP contribution in [0.2, 0.25) is 0 Å². The topological polar surface area (TPSA) is 38.5 Å². The van der Waals surface area contributed by atoms with Crippen LogP contribution in [0.25, 0.3) is 0 Å². The van der Waals surface area contributed by atoms with Crippen molar-refractivity contribution in [3.8, 4) is 0 Å². The molecule has 0 fully saturated rings. The SMILES string of the molecule is CCOCCN(C)c1ccc(CN)cc1C. The van der Waals surface area contributed by atoms with Gasteiger partial charge in [-0.3, -0.25) is 0 Å². The Hall–Kier alpha value is -1.06. The highest BCUT2D eigenvalue weighted by atomic mass is 16.5. The first-order chi connectivity index (χ1) is 7.69. The molecule has 0 radical (unpaired) electrons. The van der Waals surface area contributed by atoms with E-state index in [0.717, 1.165) is 19.8 Å². The van der Waals surface area contributed by atoms with Crippen LogP contribution in [0.5, 0.6) is 0 Å². The van der Waals surface area contributed by atoms with Crippen LogP contribution in [0.4, 0.5) is 5.69 Å². The predicted octanol–water partition coefficient (Wildman–Crippen LogP) is 1.93. The minimum absolute atomic E-state index is 0.601. The molecule has 0 saturated heterocycles. The second-order valence-corrected chi connectivity index (χ2v) is 3.94. The fourth-order valence-electron chi connectivity index (χ4n) is 1.74. The molecule has 2 N–H and O–H groups in total. The number of hydrogen-bond donors (Lipinski definition) is 1. The fourth-order valence-corrected chi connectivity index (χ4v) is 1.74. The van der Waals surface area contributed by atoms with Gasteiger partial charge >= 0.3 is 0 Å². The number of anilines is 1. The van der Waals surface area contributed by atoms with E-state index in [4.69, 9.17) is 10.5 Å². The highest BCUT2D eigenvalue weighted by Gasteiger charge is 2.04. The first-order valence-electron chi connectivity index (χ1n) is 5.77. The quantitative estimate of drug-likeness (QED) is 0.747. The van der Waals surface area contributed by atoms with Gasteiger partial charge in [0.15, 0.2) is 0 Å². The molecule has 1 aromatic rings. The Kier molecular flexibility index (Phi) is 5.29. The van der Waals surface area contributed by atoms with Crippen LogP contribution in [-0.2, 0) is 11.3 Å². The molecule has 0 saturated carbocycles. The molecule has 3 nitrogen and oxygen atoms in total. The Bertz CT molecular complexity index is 326. The monoisotopic (exact) mass is 222 g/mol. The summed E-state index contributed by atoms with van der Waals surface area (Å²) in [5.74, 6) is 0. The summed E-state index contributed by atoms with van der Waals surface area (Å²) in [6.07, 6.45) is 0. The van der Waals surface area contributed by atoms with Crippen molar-refractivity contribution in [3.05, 3.63) is 29.3 Å². The molecule has 0 atom stereocenters. The van der Waals surface area contributed by atoms with E-state index in [-0.39, 0.29) is 0 Å². The minimum atomic E-state index is 0.601. The third-order valence-corrected chi connectivity index (χ3v) is 2.68. The Morgan fingerprint density at radius 1 is 1.38 bits per heavy atom. The molecule has 3 heteroatoms. The molecular formula is C13H22N2O. The number of nitrogens with two attached hydrogens (primary N) is 1. The summed E-state index contributed by atoms with van der Waals surface area (Å²) >= 11 is 0. The lowest BCUT2D eigenvalue weighted by Gasteiger charge is -2.21. The molecule has 90 valence electrons. The van der Waals surface area contributed by atoms with Gasteiger partial charge in [-0.2, -0.15) is 0 Å². The molecule has 0 unspecified atom stereocenters. The van der Waals surface area contributed by atoms with Gasteiger partial charge in [0.25, 0.3) is 0 Å². The second kappa shape index (κ2) is 6.51. The van der Waals surface area contributed by atoms with Gasteiger partial charge in [-0.1, -0.05) is 12.1 Å². The van der Waals surface area contributed by atoms with E-state index < -0.39 is 0 Å². The van der Waals surface area contributed by atoms with Crippen molar-refractivity contribution in [2.45, 2.75) is 20.4 Å². The normalized spacial score (nSPS) is 10.5. The molecule has 0 spiro atoms. The van der Waals surface area contributed by atoms with Crippen LogP contribution in [0.1, 0.15) is 18.1 Å². The number of ether oxygens (including phenoxy) is 1. The van der Waals surface area contributed by atoms with Crippen molar-refractivity contribution >= 4 is 5.69 Å². The maximum atomic E-state index is 5.61. The number of aryl methyl sites for hydroxylation is 1. The molecule has 0 amide bonds. The average molecular weight is 222 g/mol. The van der Waals surface area contributed by atoms with E-state index in [0.29, 0.717) is 6.54 Å². The van der Waals surface area contributed by atoms with Crippen molar-refractivity contribution in [1.29, 1.82) is 0 Å².